The van der Waals surface area contributed by atoms with Crippen LogP contribution in [0.1, 0.15) is 31.4 Å². The minimum Gasteiger partial charge on any atom is -0.349 e. The van der Waals surface area contributed by atoms with Crippen LogP contribution in [0, 0.1) is 0 Å². The molecule has 0 bridgehead atoms. The van der Waals surface area contributed by atoms with Gasteiger partial charge in [0.1, 0.15) is 0 Å². The highest BCUT2D eigenvalue weighted by molar-refractivity contribution is 7.91. The zero-order valence-corrected chi connectivity index (χ0v) is 15.2. The first-order chi connectivity index (χ1) is 11.2. The van der Waals surface area contributed by atoms with E-state index in [9.17, 15) is 18.0 Å². The Balaban J connectivity index is 2.09. The van der Waals surface area contributed by atoms with Crippen LogP contribution in [0.3, 0.4) is 0 Å². The zero-order chi connectivity index (χ0) is 17.9. The van der Waals surface area contributed by atoms with Crippen molar-refractivity contribution in [3.05, 3.63) is 34.9 Å². The van der Waals surface area contributed by atoms with Crippen LogP contribution in [0.15, 0.2) is 24.3 Å². The van der Waals surface area contributed by atoms with Crippen LogP contribution in [0.5, 0.6) is 0 Å². The summed E-state index contributed by atoms with van der Waals surface area (Å²) in [6.45, 7) is 1.39. The highest BCUT2D eigenvalue weighted by Crippen LogP contribution is 2.23. The van der Waals surface area contributed by atoms with Crippen molar-refractivity contribution in [3.8, 4) is 0 Å². The van der Waals surface area contributed by atoms with E-state index >= 15 is 0 Å². The van der Waals surface area contributed by atoms with Crippen molar-refractivity contribution in [2.75, 3.05) is 18.6 Å². The Bertz CT molecular complexity index is 718. The molecule has 1 N–H and O–H groups in total. The van der Waals surface area contributed by atoms with Gasteiger partial charge in [-0.05, 0) is 24.1 Å². The highest BCUT2D eigenvalue weighted by atomic mass is 35.5. The number of halogens is 1. The normalized spacial score (nSPS) is 20.4. The van der Waals surface area contributed by atoms with Crippen molar-refractivity contribution in [2.45, 2.75) is 31.8 Å². The molecule has 1 aliphatic rings. The lowest BCUT2D eigenvalue weighted by Gasteiger charge is -2.26. The minimum absolute atomic E-state index is 0.000981. The predicted molar refractivity (Wildman–Crippen MR) is 92.5 cm³/mol. The molecule has 0 radical (unpaired) electrons. The van der Waals surface area contributed by atoms with E-state index in [4.69, 9.17) is 11.6 Å². The summed E-state index contributed by atoms with van der Waals surface area (Å²) in [6, 6.07) is 6.14. The van der Waals surface area contributed by atoms with E-state index < -0.39 is 15.9 Å². The smallest absolute Gasteiger partial charge is 0.225 e. The number of rotatable bonds is 5. The number of hydrogen-bond donors (Lipinski definition) is 1. The molecule has 0 saturated carbocycles. The second kappa shape index (κ2) is 7.53. The Morgan fingerprint density at radius 1 is 1.33 bits per heavy atom. The van der Waals surface area contributed by atoms with Crippen molar-refractivity contribution in [1.29, 1.82) is 0 Å². The Labute approximate surface area is 147 Å². The summed E-state index contributed by atoms with van der Waals surface area (Å²) in [7, 11) is -1.45. The number of sulfone groups is 1. The molecule has 1 fully saturated rings. The third kappa shape index (κ3) is 4.95. The van der Waals surface area contributed by atoms with Gasteiger partial charge in [0.15, 0.2) is 9.84 Å². The van der Waals surface area contributed by atoms with Gasteiger partial charge in [-0.2, -0.15) is 0 Å². The van der Waals surface area contributed by atoms with E-state index in [-0.39, 0.29) is 35.8 Å². The molecule has 1 aromatic rings. The Morgan fingerprint density at radius 3 is 2.46 bits per heavy atom. The molecule has 2 atom stereocenters. The lowest BCUT2D eigenvalue weighted by Crippen LogP contribution is -2.40. The fraction of sp³-hybridized carbons (Fsp3) is 0.500. The van der Waals surface area contributed by atoms with E-state index in [1.54, 1.807) is 31.3 Å². The standard InChI is InChI=1S/C16H21ClN2O4S/c1-11(20)18-15(12-3-5-13(17)6-4-12)9-16(21)19(2)14-7-8-24(22,23)10-14/h3-6,14-15H,7-10H2,1-2H3,(H,18,20)/t14-,15-/m0/s1. The van der Waals surface area contributed by atoms with Gasteiger partial charge in [0.2, 0.25) is 11.8 Å². The van der Waals surface area contributed by atoms with Crippen LogP contribution in [-0.2, 0) is 19.4 Å². The van der Waals surface area contributed by atoms with Gasteiger partial charge >= 0.3 is 0 Å². The maximum absolute atomic E-state index is 12.5. The predicted octanol–water partition coefficient (Wildman–Crippen LogP) is 1.55. The third-order valence-electron chi connectivity index (χ3n) is 4.18. The minimum atomic E-state index is -3.06. The molecule has 0 aliphatic carbocycles. The summed E-state index contributed by atoms with van der Waals surface area (Å²) in [6.07, 6.45) is 0.518. The van der Waals surface area contributed by atoms with Crippen LogP contribution in [0.2, 0.25) is 5.02 Å². The summed E-state index contributed by atoms with van der Waals surface area (Å²) in [5, 5.41) is 3.33. The summed E-state index contributed by atoms with van der Waals surface area (Å²) < 4.78 is 23.2. The van der Waals surface area contributed by atoms with Crippen LogP contribution in [0.4, 0.5) is 0 Å². The molecule has 8 heteroatoms. The average molecular weight is 373 g/mol. The average Bonchev–Trinajstić information content (AvgIpc) is 2.86. The Morgan fingerprint density at radius 2 is 1.96 bits per heavy atom. The van der Waals surface area contributed by atoms with E-state index in [1.807, 2.05) is 0 Å². The molecule has 6 nitrogen and oxygen atoms in total. The monoisotopic (exact) mass is 372 g/mol. The fourth-order valence-corrected chi connectivity index (χ4v) is 4.70. The van der Waals surface area contributed by atoms with Crippen molar-refractivity contribution < 1.29 is 18.0 Å². The largest absolute Gasteiger partial charge is 0.349 e. The summed E-state index contributed by atoms with van der Waals surface area (Å²) >= 11 is 5.87. The molecule has 0 unspecified atom stereocenters. The van der Waals surface area contributed by atoms with Crippen molar-refractivity contribution in [3.63, 3.8) is 0 Å². The van der Waals surface area contributed by atoms with Gasteiger partial charge in [0, 0.05) is 25.0 Å². The summed E-state index contributed by atoms with van der Waals surface area (Å²) in [5.41, 5.74) is 0.774. The number of carbonyl (C=O) groups excluding carboxylic acids is 2. The number of hydrogen-bond acceptors (Lipinski definition) is 4. The van der Waals surface area contributed by atoms with Gasteiger partial charge in [-0.3, -0.25) is 9.59 Å². The second-order valence-electron chi connectivity index (χ2n) is 6.07. The van der Waals surface area contributed by atoms with Crippen LogP contribution in [0.25, 0.3) is 0 Å². The molecule has 132 valence electrons. The highest BCUT2D eigenvalue weighted by Gasteiger charge is 2.33. The lowest BCUT2D eigenvalue weighted by molar-refractivity contribution is -0.132. The van der Waals surface area contributed by atoms with Gasteiger partial charge in [-0.15, -0.1) is 0 Å². The third-order valence-corrected chi connectivity index (χ3v) is 6.18. The number of benzene rings is 1. The second-order valence-corrected chi connectivity index (χ2v) is 8.74. The fourth-order valence-electron chi connectivity index (χ4n) is 2.80. The Hall–Kier alpha value is -1.60. The van der Waals surface area contributed by atoms with Gasteiger partial charge in [-0.1, -0.05) is 23.7 Å². The molecule has 24 heavy (non-hydrogen) atoms. The van der Waals surface area contributed by atoms with Crippen LogP contribution in [-0.4, -0.2) is 49.7 Å². The van der Waals surface area contributed by atoms with Crippen LogP contribution >= 0.6 is 11.6 Å². The number of amides is 2. The van der Waals surface area contributed by atoms with Gasteiger partial charge in [0.05, 0.1) is 24.0 Å². The molecule has 0 aromatic heterocycles. The van der Waals surface area contributed by atoms with E-state index in [0.717, 1.165) is 5.56 Å². The SMILES string of the molecule is CC(=O)N[C@@H](CC(=O)N(C)[C@H]1CCS(=O)(=O)C1)c1ccc(Cl)cc1. The molecule has 2 amide bonds. The first kappa shape index (κ1) is 18.7. The molecule has 1 saturated heterocycles. The molecule has 1 aliphatic heterocycles. The molecule has 1 heterocycles. The molecular weight excluding hydrogens is 352 g/mol. The van der Waals surface area contributed by atoms with Gasteiger partial charge in [-0.25, -0.2) is 8.42 Å². The molecular formula is C16H21ClN2O4S. The quantitative estimate of drug-likeness (QED) is 0.850. The van der Waals surface area contributed by atoms with E-state index in [1.165, 1.54) is 11.8 Å². The zero-order valence-electron chi connectivity index (χ0n) is 13.7. The van der Waals surface area contributed by atoms with Crippen molar-refractivity contribution in [2.24, 2.45) is 0 Å². The van der Waals surface area contributed by atoms with Gasteiger partial charge < -0.3 is 10.2 Å². The number of nitrogens with one attached hydrogen (secondary N) is 1. The lowest BCUT2D eigenvalue weighted by atomic mass is 10.0. The first-order valence-corrected chi connectivity index (χ1v) is 9.86. The van der Waals surface area contributed by atoms with E-state index in [2.05, 4.69) is 5.32 Å². The maximum atomic E-state index is 12.5. The van der Waals surface area contributed by atoms with E-state index in [0.29, 0.717) is 11.4 Å². The van der Waals surface area contributed by atoms with Crippen LogP contribution < -0.4 is 5.32 Å². The summed E-state index contributed by atoms with van der Waals surface area (Å²) in [4.78, 5) is 25.5. The van der Waals surface area contributed by atoms with Crippen molar-refractivity contribution >= 4 is 33.3 Å². The molecule has 0 spiro atoms. The number of nitrogens with zero attached hydrogens (tertiary/aromatic N) is 1. The first-order valence-electron chi connectivity index (χ1n) is 7.66. The van der Waals surface area contributed by atoms with Gasteiger partial charge in [0.25, 0.3) is 0 Å². The molecule has 2 rings (SSSR count). The number of carbonyl (C=O) groups is 2. The topological polar surface area (TPSA) is 83.6 Å². The van der Waals surface area contributed by atoms with Crippen molar-refractivity contribution in [1.82, 2.24) is 10.2 Å². The molecule has 1 aromatic carbocycles. The Kier molecular flexibility index (Phi) is 5.87. The summed E-state index contributed by atoms with van der Waals surface area (Å²) in [5.74, 6) is -0.331. The maximum Gasteiger partial charge on any atom is 0.225 e.